The third kappa shape index (κ3) is 4.94. The minimum Gasteiger partial charge on any atom is -0.352 e. The van der Waals surface area contributed by atoms with Crippen molar-refractivity contribution in [2.24, 2.45) is 0 Å². The van der Waals surface area contributed by atoms with Gasteiger partial charge in [-0.1, -0.05) is 109 Å². The summed E-state index contributed by atoms with van der Waals surface area (Å²) >= 11 is 0. The van der Waals surface area contributed by atoms with Gasteiger partial charge in [-0.15, -0.1) is 0 Å². The Kier molecular flexibility index (Phi) is 6.53. The fourth-order valence-corrected chi connectivity index (χ4v) is 4.61. The second-order valence-corrected chi connectivity index (χ2v) is 8.64. The number of carbonyl (C=O) groups excluding carboxylic acids is 1. The number of fused-ring (bicyclic) bond motifs is 1. The zero-order valence-corrected chi connectivity index (χ0v) is 19.1. The highest BCUT2D eigenvalue weighted by Gasteiger charge is 2.22. The quantitative estimate of drug-likeness (QED) is 0.290. The van der Waals surface area contributed by atoms with E-state index in [1.54, 1.807) is 0 Å². The summed E-state index contributed by atoms with van der Waals surface area (Å²) < 4.78 is 2.30. The van der Waals surface area contributed by atoms with Crippen molar-refractivity contribution >= 4 is 16.8 Å². The molecule has 4 aromatic carbocycles. The summed E-state index contributed by atoms with van der Waals surface area (Å²) in [6, 6.07) is 39.4. The molecule has 0 aliphatic carbocycles. The second-order valence-electron chi connectivity index (χ2n) is 8.64. The van der Waals surface area contributed by atoms with Crippen LogP contribution in [0.4, 0.5) is 0 Å². The van der Waals surface area contributed by atoms with Crippen molar-refractivity contribution in [2.75, 3.05) is 0 Å². The molecule has 1 aromatic heterocycles. The number of nitrogens with one attached hydrogen (secondary N) is 1. The molecule has 0 fully saturated rings. The Balaban J connectivity index is 1.48. The number of amides is 1. The van der Waals surface area contributed by atoms with Crippen molar-refractivity contribution in [1.82, 2.24) is 9.88 Å². The highest BCUT2D eigenvalue weighted by Crippen LogP contribution is 2.35. The molecule has 3 heteroatoms. The van der Waals surface area contributed by atoms with E-state index in [1.165, 1.54) is 22.0 Å². The average molecular weight is 445 g/mol. The first-order valence-electron chi connectivity index (χ1n) is 11.8. The van der Waals surface area contributed by atoms with Crippen LogP contribution in [0, 0.1) is 0 Å². The van der Waals surface area contributed by atoms with Gasteiger partial charge in [-0.3, -0.25) is 4.79 Å². The highest BCUT2D eigenvalue weighted by molar-refractivity contribution is 5.86. The molecule has 1 atom stereocenters. The van der Waals surface area contributed by atoms with Gasteiger partial charge in [0.2, 0.25) is 5.91 Å². The first-order chi connectivity index (χ1) is 16.8. The third-order valence-corrected chi connectivity index (χ3v) is 6.31. The van der Waals surface area contributed by atoms with Crippen LogP contribution in [0.5, 0.6) is 0 Å². The summed E-state index contributed by atoms with van der Waals surface area (Å²) in [7, 11) is 0. The van der Waals surface area contributed by atoms with Crippen molar-refractivity contribution in [1.29, 1.82) is 0 Å². The van der Waals surface area contributed by atoms with E-state index in [2.05, 4.69) is 76.7 Å². The smallest absolute Gasteiger partial charge is 0.221 e. The van der Waals surface area contributed by atoms with Crippen LogP contribution in [0.15, 0.2) is 121 Å². The van der Waals surface area contributed by atoms with Crippen molar-refractivity contribution in [2.45, 2.75) is 25.4 Å². The molecule has 168 valence electrons. The summed E-state index contributed by atoms with van der Waals surface area (Å²) in [5, 5.41) is 4.32. The SMILES string of the molecule is O=C(CC(c1ccccc1)c1cn(Cc2ccccc2)c2ccccc12)NCc1ccccc1. The molecule has 0 aliphatic rings. The van der Waals surface area contributed by atoms with E-state index in [0.717, 1.165) is 17.7 Å². The molecule has 1 amide bonds. The Bertz CT molecular complexity index is 1360. The molecule has 0 bridgehead atoms. The Morgan fingerprint density at radius 2 is 1.29 bits per heavy atom. The van der Waals surface area contributed by atoms with Gasteiger partial charge in [-0.25, -0.2) is 0 Å². The van der Waals surface area contributed by atoms with E-state index in [4.69, 9.17) is 0 Å². The number of hydrogen-bond donors (Lipinski definition) is 1. The number of para-hydroxylation sites is 1. The molecule has 5 rings (SSSR count). The van der Waals surface area contributed by atoms with Gasteiger partial charge in [-0.05, 0) is 28.3 Å². The van der Waals surface area contributed by atoms with Crippen LogP contribution in [-0.4, -0.2) is 10.5 Å². The lowest BCUT2D eigenvalue weighted by Gasteiger charge is -2.17. The highest BCUT2D eigenvalue weighted by atomic mass is 16.1. The molecule has 0 radical (unpaired) electrons. The molecule has 3 nitrogen and oxygen atoms in total. The molecular weight excluding hydrogens is 416 g/mol. The first kappa shape index (κ1) is 21.7. The molecule has 0 saturated carbocycles. The molecule has 1 heterocycles. The van der Waals surface area contributed by atoms with Crippen molar-refractivity contribution < 1.29 is 4.79 Å². The van der Waals surface area contributed by atoms with Gasteiger partial charge in [0.15, 0.2) is 0 Å². The summed E-state index contributed by atoms with van der Waals surface area (Å²) in [5.74, 6) is 0.0245. The summed E-state index contributed by atoms with van der Waals surface area (Å²) in [4.78, 5) is 13.1. The molecule has 1 N–H and O–H groups in total. The minimum atomic E-state index is -0.0288. The van der Waals surface area contributed by atoms with Crippen molar-refractivity contribution in [3.8, 4) is 0 Å². The van der Waals surface area contributed by atoms with Crippen molar-refractivity contribution in [3.63, 3.8) is 0 Å². The monoisotopic (exact) mass is 444 g/mol. The number of nitrogens with zero attached hydrogens (tertiary/aromatic N) is 1. The lowest BCUT2D eigenvalue weighted by molar-refractivity contribution is -0.121. The summed E-state index contributed by atoms with van der Waals surface area (Å²) in [5.41, 5.74) is 5.89. The fourth-order valence-electron chi connectivity index (χ4n) is 4.61. The molecule has 0 spiro atoms. The molecule has 0 saturated heterocycles. The van der Waals surface area contributed by atoms with E-state index in [1.807, 2.05) is 54.6 Å². The molecule has 0 aliphatic heterocycles. The average Bonchev–Trinajstić information content (AvgIpc) is 3.26. The predicted octanol–water partition coefficient (Wildman–Crippen LogP) is 6.53. The van der Waals surface area contributed by atoms with E-state index < -0.39 is 0 Å². The van der Waals surface area contributed by atoms with Crippen LogP contribution in [0.2, 0.25) is 0 Å². The maximum atomic E-state index is 13.1. The molecule has 1 unspecified atom stereocenters. The van der Waals surface area contributed by atoms with Gasteiger partial charge in [0, 0.05) is 42.5 Å². The number of aromatic nitrogens is 1. The minimum absolute atomic E-state index is 0.0288. The second kappa shape index (κ2) is 10.2. The normalized spacial score (nSPS) is 11.9. The van der Waals surface area contributed by atoms with Crippen molar-refractivity contribution in [3.05, 3.63) is 144 Å². The van der Waals surface area contributed by atoms with Gasteiger partial charge >= 0.3 is 0 Å². The van der Waals surface area contributed by atoms with E-state index in [9.17, 15) is 4.79 Å². The van der Waals surface area contributed by atoms with E-state index in [-0.39, 0.29) is 11.8 Å². The Morgan fingerprint density at radius 3 is 2.00 bits per heavy atom. The third-order valence-electron chi connectivity index (χ3n) is 6.31. The Hall–Kier alpha value is -4.11. The Morgan fingerprint density at radius 1 is 0.706 bits per heavy atom. The lowest BCUT2D eigenvalue weighted by atomic mass is 9.88. The van der Waals surface area contributed by atoms with E-state index in [0.29, 0.717) is 13.0 Å². The van der Waals surface area contributed by atoms with Crippen LogP contribution in [0.25, 0.3) is 10.9 Å². The number of hydrogen-bond acceptors (Lipinski definition) is 1. The lowest BCUT2D eigenvalue weighted by Crippen LogP contribution is -2.25. The van der Waals surface area contributed by atoms with Gasteiger partial charge < -0.3 is 9.88 Å². The Labute approximate surface area is 200 Å². The maximum absolute atomic E-state index is 13.1. The number of carbonyl (C=O) groups is 1. The largest absolute Gasteiger partial charge is 0.352 e. The van der Waals surface area contributed by atoms with Crippen LogP contribution < -0.4 is 5.32 Å². The van der Waals surface area contributed by atoms with Gasteiger partial charge in [0.05, 0.1) is 0 Å². The molecular formula is C31H28N2O. The predicted molar refractivity (Wildman–Crippen MR) is 139 cm³/mol. The topological polar surface area (TPSA) is 34.0 Å². The molecule has 5 aromatic rings. The van der Waals surface area contributed by atoms with Crippen LogP contribution in [0.1, 0.15) is 34.6 Å². The number of benzene rings is 4. The zero-order chi connectivity index (χ0) is 23.2. The van der Waals surface area contributed by atoms with Crippen LogP contribution >= 0.6 is 0 Å². The summed E-state index contributed by atoms with van der Waals surface area (Å²) in [6.07, 6.45) is 2.63. The number of rotatable bonds is 8. The first-order valence-corrected chi connectivity index (χ1v) is 11.8. The fraction of sp³-hybridized carbons (Fsp3) is 0.129. The molecule has 34 heavy (non-hydrogen) atoms. The van der Waals surface area contributed by atoms with Crippen LogP contribution in [0.3, 0.4) is 0 Å². The zero-order valence-electron chi connectivity index (χ0n) is 19.1. The van der Waals surface area contributed by atoms with Gasteiger partial charge in [0.1, 0.15) is 0 Å². The maximum Gasteiger partial charge on any atom is 0.221 e. The standard InChI is InChI=1S/C31H28N2O/c34-31(32-21-24-12-4-1-5-13-24)20-28(26-16-8-3-9-17-26)29-23-33(22-25-14-6-2-7-15-25)30-19-11-10-18-27(29)30/h1-19,23,28H,20-22H2,(H,32,34). The van der Waals surface area contributed by atoms with Gasteiger partial charge in [-0.2, -0.15) is 0 Å². The summed E-state index contributed by atoms with van der Waals surface area (Å²) in [6.45, 7) is 1.33. The van der Waals surface area contributed by atoms with Gasteiger partial charge in [0.25, 0.3) is 0 Å². The van der Waals surface area contributed by atoms with E-state index >= 15 is 0 Å². The van der Waals surface area contributed by atoms with Crippen LogP contribution in [-0.2, 0) is 17.9 Å².